The van der Waals surface area contributed by atoms with Crippen LogP contribution in [0.5, 0.6) is 0 Å². The van der Waals surface area contributed by atoms with Crippen LogP contribution < -0.4 is 4.80 Å². The third kappa shape index (κ3) is 4.14. The number of thiazole rings is 1. The zero-order valence-electron chi connectivity index (χ0n) is 14.8. The Balaban J connectivity index is 2.18. The third-order valence-corrected chi connectivity index (χ3v) is 6.40. The molecule has 3 rings (SSSR count). The molecule has 2 aromatic carbocycles. The van der Waals surface area contributed by atoms with Gasteiger partial charge in [0.05, 0.1) is 26.3 Å². The standard InChI is InChI=1S/C20H17Cl3N2OS/c1-3-17-18(12-9-10-15(22)16(23)11-12)25(4-2)20(27-17)24-19(26)13-7-5-6-8-14(13)21/h5-11H,3-4H2,1-2H3. The van der Waals surface area contributed by atoms with Gasteiger partial charge in [0.25, 0.3) is 5.91 Å². The molecule has 0 saturated carbocycles. The van der Waals surface area contributed by atoms with Crippen molar-refractivity contribution in [3.05, 3.63) is 72.8 Å². The molecule has 0 aliphatic rings. The molecule has 3 nitrogen and oxygen atoms in total. The number of hydrogen-bond donors (Lipinski definition) is 0. The van der Waals surface area contributed by atoms with Crippen LogP contribution in [0.3, 0.4) is 0 Å². The third-order valence-electron chi connectivity index (χ3n) is 4.11. The first kappa shape index (κ1) is 20.2. The van der Waals surface area contributed by atoms with Crippen LogP contribution in [0.15, 0.2) is 47.5 Å². The van der Waals surface area contributed by atoms with Gasteiger partial charge in [-0.1, -0.05) is 59.9 Å². The normalized spacial score (nSPS) is 11.8. The summed E-state index contributed by atoms with van der Waals surface area (Å²) in [7, 11) is 0. The minimum absolute atomic E-state index is 0.354. The number of carbonyl (C=O) groups excluding carboxylic acids is 1. The van der Waals surface area contributed by atoms with E-state index in [0.29, 0.717) is 32.0 Å². The molecule has 0 atom stereocenters. The second-order valence-electron chi connectivity index (χ2n) is 5.78. The highest BCUT2D eigenvalue weighted by Gasteiger charge is 2.16. The van der Waals surface area contributed by atoms with Crippen molar-refractivity contribution in [1.29, 1.82) is 0 Å². The highest BCUT2D eigenvalue weighted by atomic mass is 35.5. The second kappa shape index (κ2) is 8.61. The van der Waals surface area contributed by atoms with Gasteiger partial charge in [-0.15, -0.1) is 11.3 Å². The topological polar surface area (TPSA) is 34.4 Å². The van der Waals surface area contributed by atoms with Crippen molar-refractivity contribution in [2.24, 2.45) is 4.99 Å². The van der Waals surface area contributed by atoms with Gasteiger partial charge >= 0.3 is 0 Å². The lowest BCUT2D eigenvalue weighted by Crippen LogP contribution is -2.17. The minimum atomic E-state index is -0.354. The molecule has 7 heteroatoms. The Hall–Kier alpha value is -1.59. The summed E-state index contributed by atoms with van der Waals surface area (Å²) in [6.45, 7) is 4.76. The average Bonchev–Trinajstić information content (AvgIpc) is 3.01. The first-order valence-corrected chi connectivity index (χ1v) is 10.4. The van der Waals surface area contributed by atoms with Crippen LogP contribution in [-0.4, -0.2) is 10.5 Å². The van der Waals surface area contributed by atoms with Crippen LogP contribution in [-0.2, 0) is 13.0 Å². The molecule has 1 aromatic heterocycles. The average molecular weight is 440 g/mol. The van der Waals surface area contributed by atoms with Gasteiger partial charge in [0.2, 0.25) is 0 Å². The van der Waals surface area contributed by atoms with E-state index in [1.807, 2.05) is 23.6 Å². The molecule has 0 aliphatic carbocycles. The van der Waals surface area contributed by atoms with Gasteiger partial charge in [-0.25, -0.2) is 0 Å². The van der Waals surface area contributed by atoms with Crippen molar-refractivity contribution in [3.63, 3.8) is 0 Å². The fraction of sp³-hybridized carbons (Fsp3) is 0.200. The number of aryl methyl sites for hydroxylation is 1. The SMILES string of the molecule is CCc1sc(=NC(=O)c2ccccc2Cl)n(CC)c1-c1ccc(Cl)c(Cl)c1. The Kier molecular flexibility index (Phi) is 6.43. The van der Waals surface area contributed by atoms with Crippen molar-refractivity contribution in [3.8, 4) is 11.3 Å². The zero-order valence-corrected chi connectivity index (χ0v) is 17.9. The Morgan fingerprint density at radius 3 is 2.41 bits per heavy atom. The maximum absolute atomic E-state index is 12.7. The molecular weight excluding hydrogens is 423 g/mol. The van der Waals surface area contributed by atoms with Crippen LogP contribution in [0.2, 0.25) is 15.1 Å². The number of hydrogen-bond acceptors (Lipinski definition) is 2. The lowest BCUT2D eigenvalue weighted by atomic mass is 10.1. The molecule has 0 radical (unpaired) electrons. The molecular formula is C20H17Cl3N2OS. The van der Waals surface area contributed by atoms with Gasteiger partial charge in [-0.05, 0) is 37.6 Å². The summed E-state index contributed by atoms with van der Waals surface area (Å²) in [5, 5.41) is 1.40. The molecule has 140 valence electrons. The fourth-order valence-corrected chi connectivity index (χ4v) is 4.48. The van der Waals surface area contributed by atoms with Crippen molar-refractivity contribution in [1.82, 2.24) is 4.57 Å². The molecule has 1 amide bonds. The Labute approximate surface area is 176 Å². The molecule has 0 saturated heterocycles. The number of rotatable bonds is 4. The quantitative estimate of drug-likeness (QED) is 0.457. The smallest absolute Gasteiger partial charge is 0.281 e. The Morgan fingerprint density at radius 1 is 1.04 bits per heavy atom. The number of amides is 1. The van der Waals surface area contributed by atoms with Crippen molar-refractivity contribution >= 4 is 52.0 Å². The van der Waals surface area contributed by atoms with E-state index >= 15 is 0 Å². The summed E-state index contributed by atoms with van der Waals surface area (Å²) in [4.78, 5) is 18.8. The van der Waals surface area contributed by atoms with E-state index < -0.39 is 0 Å². The van der Waals surface area contributed by atoms with E-state index in [1.54, 1.807) is 30.3 Å². The molecule has 0 spiro atoms. The summed E-state index contributed by atoms with van der Waals surface area (Å²) >= 11 is 19.9. The molecule has 3 aromatic rings. The largest absolute Gasteiger partial charge is 0.316 e. The number of halogens is 3. The van der Waals surface area contributed by atoms with Gasteiger partial charge in [-0.2, -0.15) is 4.99 Å². The summed E-state index contributed by atoms with van der Waals surface area (Å²) in [6.07, 6.45) is 0.816. The summed E-state index contributed by atoms with van der Waals surface area (Å²) in [5.74, 6) is -0.354. The molecule has 0 unspecified atom stereocenters. The summed E-state index contributed by atoms with van der Waals surface area (Å²) in [6, 6.07) is 12.5. The highest BCUT2D eigenvalue weighted by Crippen LogP contribution is 2.32. The van der Waals surface area contributed by atoms with E-state index in [1.165, 1.54) is 11.3 Å². The highest BCUT2D eigenvalue weighted by molar-refractivity contribution is 7.09. The Bertz CT molecular complexity index is 1070. The van der Waals surface area contributed by atoms with Crippen molar-refractivity contribution in [2.75, 3.05) is 0 Å². The minimum Gasteiger partial charge on any atom is -0.316 e. The summed E-state index contributed by atoms with van der Waals surface area (Å²) in [5.41, 5.74) is 2.35. The van der Waals surface area contributed by atoms with E-state index in [9.17, 15) is 4.79 Å². The van der Waals surface area contributed by atoms with Gasteiger partial charge in [0, 0.05) is 17.0 Å². The number of carbonyl (C=O) groups is 1. The molecule has 0 aliphatic heterocycles. The fourth-order valence-electron chi connectivity index (χ4n) is 2.82. The van der Waals surface area contributed by atoms with Gasteiger partial charge in [-0.3, -0.25) is 4.79 Å². The lowest BCUT2D eigenvalue weighted by molar-refractivity contribution is 0.0998. The predicted molar refractivity (Wildman–Crippen MR) is 114 cm³/mol. The molecule has 0 fully saturated rings. The van der Waals surface area contributed by atoms with Gasteiger partial charge in [0.1, 0.15) is 0 Å². The van der Waals surface area contributed by atoms with Crippen LogP contribution >= 0.6 is 46.1 Å². The zero-order chi connectivity index (χ0) is 19.6. The molecule has 0 bridgehead atoms. The maximum atomic E-state index is 12.7. The molecule has 0 N–H and O–H groups in total. The van der Waals surface area contributed by atoms with E-state index in [4.69, 9.17) is 34.8 Å². The second-order valence-corrected chi connectivity index (χ2v) is 8.06. The van der Waals surface area contributed by atoms with Gasteiger partial charge < -0.3 is 4.57 Å². The number of nitrogens with zero attached hydrogens (tertiary/aromatic N) is 2. The van der Waals surface area contributed by atoms with E-state index in [0.717, 1.165) is 22.6 Å². The van der Waals surface area contributed by atoms with Gasteiger partial charge in [0.15, 0.2) is 4.80 Å². The predicted octanol–water partition coefficient (Wildman–Crippen LogP) is 6.50. The Morgan fingerprint density at radius 2 is 1.78 bits per heavy atom. The monoisotopic (exact) mass is 438 g/mol. The maximum Gasteiger partial charge on any atom is 0.281 e. The van der Waals surface area contributed by atoms with Crippen LogP contribution in [0.4, 0.5) is 0 Å². The van der Waals surface area contributed by atoms with E-state index in [-0.39, 0.29) is 5.91 Å². The number of benzene rings is 2. The number of aromatic nitrogens is 1. The van der Waals surface area contributed by atoms with Crippen LogP contribution in [0.25, 0.3) is 11.3 Å². The van der Waals surface area contributed by atoms with E-state index in [2.05, 4.69) is 11.9 Å². The first-order chi connectivity index (χ1) is 13.0. The molecule has 27 heavy (non-hydrogen) atoms. The lowest BCUT2D eigenvalue weighted by Gasteiger charge is -2.09. The van der Waals surface area contributed by atoms with Crippen molar-refractivity contribution in [2.45, 2.75) is 26.8 Å². The first-order valence-electron chi connectivity index (χ1n) is 8.47. The molecule has 1 heterocycles. The van der Waals surface area contributed by atoms with Crippen LogP contribution in [0.1, 0.15) is 29.1 Å². The summed E-state index contributed by atoms with van der Waals surface area (Å²) < 4.78 is 2.03. The van der Waals surface area contributed by atoms with Crippen molar-refractivity contribution < 1.29 is 4.79 Å². The van der Waals surface area contributed by atoms with Crippen LogP contribution in [0, 0.1) is 0 Å².